The number of aromatic nitrogens is 1. The van der Waals surface area contributed by atoms with E-state index < -0.39 is 30.4 Å². The number of aliphatic hydroxyl groups excluding tert-OH is 2. The number of esters is 1. The Morgan fingerprint density at radius 3 is 2.61 bits per heavy atom. The topological polar surface area (TPSA) is 123 Å². The molecule has 1 aromatic heterocycles. The van der Waals surface area contributed by atoms with Gasteiger partial charge in [0.2, 0.25) is 0 Å². The van der Waals surface area contributed by atoms with E-state index in [1.54, 1.807) is 12.3 Å². The van der Waals surface area contributed by atoms with Gasteiger partial charge in [0.25, 0.3) is 12.1 Å². The first-order valence-corrected chi connectivity index (χ1v) is 9.92. The van der Waals surface area contributed by atoms with Crippen molar-refractivity contribution in [2.24, 2.45) is 5.73 Å². The summed E-state index contributed by atoms with van der Waals surface area (Å²) in [5.74, 6) is -0.949. The highest BCUT2D eigenvalue weighted by Gasteiger charge is 2.48. The second kappa shape index (κ2) is 11.1. The molecule has 1 saturated heterocycles. The third-order valence-corrected chi connectivity index (χ3v) is 4.88. The van der Waals surface area contributed by atoms with E-state index in [4.69, 9.17) is 15.2 Å². The van der Waals surface area contributed by atoms with Crippen molar-refractivity contribution in [3.8, 4) is 0 Å². The third kappa shape index (κ3) is 6.25. The summed E-state index contributed by atoms with van der Waals surface area (Å²) >= 11 is 0. The molecule has 156 valence electrons. The van der Waals surface area contributed by atoms with Crippen LogP contribution in [0.15, 0.2) is 24.5 Å². The summed E-state index contributed by atoms with van der Waals surface area (Å²) in [7, 11) is 0. The number of hydrogen-bond donors (Lipinski definition) is 3. The molecule has 0 radical (unpaired) electrons. The number of amides is 1. The number of hydrogen-bond acceptors (Lipinski definition) is 6. The van der Waals surface area contributed by atoms with Crippen LogP contribution in [0.3, 0.4) is 0 Å². The Hall–Kier alpha value is -2.03. The Bertz CT molecular complexity index is 653. The largest absolute Gasteiger partial charge is 0.463 e. The first-order valence-electron chi connectivity index (χ1n) is 9.92. The fourth-order valence-electron chi connectivity index (χ4n) is 3.21. The zero-order valence-electron chi connectivity index (χ0n) is 16.3. The lowest BCUT2D eigenvalue weighted by Crippen LogP contribution is -2.46. The van der Waals surface area contributed by atoms with E-state index in [-0.39, 0.29) is 18.1 Å². The number of aliphatic hydroxyl groups is 2. The molecule has 0 aromatic carbocycles. The molecule has 0 bridgehead atoms. The van der Waals surface area contributed by atoms with Crippen molar-refractivity contribution in [2.45, 2.75) is 76.4 Å². The highest BCUT2D eigenvalue weighted by Crippen LogP contribution is 2.26. The van der Waals surface area contributed by atoms with E-state index in [1.165, 1.54) is 36.1 Å². The van der Waals surface area contributed by atoms with E-state index in [0.29, 0.717) is 6.42 Å². The van der Waals surface area contributed by atoms with Crippen molar-refractivity contribution in [1.29, 1.82) is 0 Å². The molecule has 28 heavy (non-hydrogen) atoms. The number of nitrogens with zero attached hydrogens (tertiary/aromatic N) is 1. The summed E-state index contributed by atoms with van der Waals surface area (Å²) in [4.78, 5) is 23.2. The van der Waals surface area contributed by atoms with E-state index in [0.717, 1.165) is 19.3 Å². The van der Waals surface area contributed by atoms with Gasteiger partial charge in [-0.2, -0.15) is 4.57 Å². The Morgan fingerprint density at radius 1 is 1.18 bits per heavy atom. The first-order chi connectivity index (χ1) is 13.4. The van der Waals surface area contributed by atoms with Gasteiger partial charge in [0, 0.05) is 12.5 Å². The monoisotopic (exact) mass is 395 g/mol. The molecule has 8 nitrogen and oxygen atoms in total. The molecule has 1 fully saturated rings. The minimum atomic E-state index is -1.23. The van der Waals surface area contributed by atoms with E-state index >= 15 is 0 Å². The number of rotatable bonds is 11. The number of nitrogens with two attached hydrogens (primary N) is 1. The predicted molar refractivity (Wildman–Crippen MR) is 100 cm³/mol. The number of unbranched alkanes of at least 4 members (excludes halogenated alkanes) is 5. The average Bonchev–Trinajstić information content (AvgIpc) is 2.97. The number of ether oxygens (including phenoxy) is 2. The SMILES string of the molecule is CCCCCCCCC(=O)OC[C@H]1O[C@@H]([n+]2cccc(C(N)=O)c2)[C@H](O)[C@@H]1O. The van der Waals surface area contributed by atoms with Crippen LogP contribution in [0.5, 0.6) is 0 Å². The van der Waals surface area contributed by atoms with Crippen molar-refractivity contribution in [1.82, 2.24) is 0 Å². The van der Waals surface area contributed by atoms with E-state index in [1.807, 2.05) is 0 Å². The van der Waals surface area contributed by atoms with Gasteiger partial charge in [-0.1, -0.05) is 39.0 Å². The van der Waals surface area contributed by atoms with Crippen LogP contribution in [-0.4, -0.2) is 47.0 Å². The van der Waals surface area contributed by atoms with Crippen molar-refractivity contribution < 1.29 is 33.8 Å². The Balaban J connectivity index is 1.80. The van der Waals surface area contributed by atoms with Gasteiger partial charge in [0.1, 0.15) is 24.4 Å². The van der Waals surface area contributed by atoms with Gasteiger partial charge in [0.15, 0.2) is 18.5 Å². The van der Waals surface area contributed by atoms with Crippen LogP contribution in [0.25, 0.3) is 0 Å². The van der Waals surface area contributed by atoms with Crippen molar-refractivity contribution in [2.75, 3.05) is 6.61 Å². The third-order valence-electron chi connectivity index (χ3n) is 4.88. The Kier molecular flexibility index (Phi) is 8.82. The Morgan fingerprint density at radius 2 is 1.89 bits per heavy atom. The summed E-state index contributed by atoms with van der Waals surface area (Å²) in [6.45, 7) is 2.02. The molecule has 1 amide bonds. The smallest absolute Gasteiger partial charge is 0.305 e. The fraction of sp³-hybridized carbons (Fsp3) is 0.650. The molecule has 0 aliphatic carbocycles. The molecule has 4 N–H and O–H groups in total. The van der Waals surface area contributed by atoms with E-state index in [9.17, 15) is 19.8 Å². The normalized spacial score (nSPS) is 24.2. The van der Waals surface area contributed by atoms with Gasteiger partial charge in [-0.05, 0) is 12.5 Å². The predicted octanol–water partition coefficient (Wildman–Crippen LogP) is 0.986. The zero-order valence-corrected chi connectivity index (χ0v) is 16.3. The van der Waals surface area contributed by atoms with Gasteiger partial charge >= 0.3 is 5.97 Å². The van der Waals surface area contributed by atoms with Gasteiger partial charge in [-0.15, -0.1) is 0 Å². The van der Waals surface area contributed by atoms with Gasteiger partial charge in [-0.25, -0.2) is 0 Å². The quantitative estimate of drug-likeness (QED) is 0.292. The summed E-state index contributed by atoms with van der Waals surface area (Å²) in [6.07, 6.45) is 5.63. The molecule has 2 rings (SSSR count). The van der Waals surface area contributed by atoms with Crippen LogP contribution in [0.4, 0.5) is 0 Å². The highest BCUT2D eigenvalue weighted by molar-refractivity contribution is 5.92. The molecule has 1 aliphatic rings. The van der Waals surface area contributed by atoms with Crippen molar-refractivity contribution >= 4 is 11.9 Å². The molecular formula is C20H31N2O6+. The van der Waals surface area contributed by atoms with Gasteiger partial charge < -0.3 is 25.4 Å². The first kappa shape index (κ1) is 22.3. The van der Waals surface area contributed by atoms with Gasteiger partial charge in [-0.3, -0.25) is 9.59 Å². The molecule has 4 atom stereocenters. The van der Waals surface area contributed by atoms with Crippen LogP contribution in [-0.2, 0) is 14.3 Å². The maximum Gasteiger partial charge on any atom is 0.305 e. The molecule has 0 spiro atoms. The lowest BCUT2D eigenvalue weighted by atomic mass is 10.1. The lowest BCUT2D eigenvalue weighted by Gasteiger charge is -2.13. The zero-order chi connectivity index (χ0) is 20.5. The van der Waals surface area contributed by atoms with Crippen LogP contribution in [0, 0.1) is 0 Å². The molecule has 1 aromatic rings. The number of primary amides is 1. The standard InChI is InChI=1S/C20H30N2O6/c1-2-3-4-5-6-7-10-16(23)27-13-15-17(24)18(25)20(28-15)22-11-8-9-14(12-22)19(21)26/h8-9,11-12,15,17-18,20,24-25H,2-7,10,13H2,1H3,(H-,21,26)/p+1/t15-,17-,18-,20-/m1/s1. The summed E-state index contributed by atoms with van der Waals surface area (Å²) in [5.41, 5.74) is 5.51. The minimum absolute atomic E-state index is 0.139. The van der Waals surface area contributed by atoms with Crippen LogP contribution in [0.1, 0.15) is 68.5 Å². The molecule has 0 unspecified atom stereocenters. The maximum atomic E-state index is 11.9. The van der Waals surface area contributed by atoms with Crippen molar-refractivity contribution in [3.05, 3.63) is 30.1 Å². The van der Waals surface area contributed by atoms with Crippen LogP contribution in [0.2, 0.25) is 0 Å². The summed E-state index contributed by atoms with van der Waals surface area (Å²) < 4.78 is 12.3. The summed E-state index contributed by atoms with van der Waals surface area (Å²) in [6, 6.07) is 3.13. The molecule has 1 aliphatic heterocycles. The molecular weight excluding hydrogens is 364 g/mol. The molecule has 8 heteroatoms. The van der Waals surface area contributed by atoms with E-state index in [2.05, 4.69) is 6.92 Å². The minimum Gasteiger partial charge on any atom is -0.463 e. The summed E-state index contributed by atoms with van der Waals surface area (Å²) in [5, 5.41) is 20.5. The molecule has 2 heterocycles. The second-order valence-electron chi connectivity index (χ2n) is 7.15. The average molecular weight is 395 g/mol. The number of carbonyl (C=O) groups is 2. The maximum absolute atomic E-state index is 11.9. The van der Waals surface area contributed by atoms with Crippen molar-refractivity contribution in [3.63, 3.8) is 0 Å². The lowest BCUT2D eigenvalue weighted by molar-refractivity contribution is -0.765. The Labute approximate surface area is 165 Å². The number of pyridine rings is 1. The van der Waals surface area contributed by atoms with Crippen LogP contribution < -0.4 is 10.3 Å². The highest BCUT2D eigenvalue weighted by atomic mass is 16.6. The fourth-order valence-corrected chi connectivity index (χ4v) is 3.21. The second-order valence-corrected chi connectivity index (χ2v) is 7.15. The number of carbonyl (C=O) groups excluding carboxylic acids is 2. The van der Waals surface area contributed by atoms with Crippen LogP contribution >= 0.6 is 0 Å². The molecule has 0 saturated carbocycles. The van der Waals surface area contributed by atoms with Gasteiger partial charge in [0.05, 0.1) is 0 Å².